The van der Waals surface area contributed by atoms with E-state index in [1.54, 1.807) is 6.20 Å². The smallest absolute Gasteiger partial charge is 0.120 e. The van der Waals surface area contributed by atoms with Gasteiger partial charge < -0.3 is 10.3 Å². The molecule has 0 saturated carbocycles. The third kappa shape index (κ3) is 3.40. The second-order valence-corrected chi connectivity index (χ2v) is 5.57. The standard InChI is InChI=1S/C12H13Br2N3/c1-8(17-7-12-15-4-5-16-12)10-3-2-9(13)6-11(10)14/h2-6,8,17H,7H2,1H3,(H,15,16). The molecular weight excluding hydrogens is 346 g/mol. The first-order chi connectivity index (χ1) is 8.16. The highest BCUT2D eigenvalue weighted by Crippen LogP contribution is 2.26. The molecule has 0 bridgehead atoms. The predicted molar refractivity (Wildman–Crippen MR) is 75.7 cm³/mol. The normalized spacial score (nSPS) is 12.6. The molecule has 0 aliphatic heterocycles. The summed E-state index contributed by atoms with van der Waals surface area (Å²) in [6, 6.07) is 6.47. The van der Waals surface area contributed by atoms with E-state index >= 15 is 0 Å². The monoisotopic (exact) mass is 357 g/mol. The van der Waals surface area contributed by atoms with E-state index in [0.29, 0.717) is 0 Å². The zero-order valence-electron chi connectivity index (χ0n) is 9.37. The minimum atomic E-state index is 0.266. The lowest BCUT2D eigenvalue weighted by atomic mass is 10.1. The Morgan fingerprint density at radius 1 is 1.41 bits per heavy atom. The number of rotatable bonds is 4. The Balaban J connectivity index is 2.01. The summed E-state index contributed by atoms with van der Waals surface area (Å²) in [5.41, 5.74) is 1.24. The summed E-state index contributed by atoms with van der Waals surface area (Å²) in [5, 5.41) is 3.42. The molecule has 1 aromatic carbocycles. The summed E-state index contributed by atoms with van der Waals surface area (Å²) < 4.78 is 2.18. The van der Waals surface area contributed by atoms with Gasteiger partial charge in [-0.2, -0.15) is 0 Å². The van der Waals surface area contributed by atoms with Crippen LogP contribution in [0.4, 0.5) is 0 Å². The van der Waals surface area contributed by atoms with Crippen LogP contribution in [-0.4, -0.2) is 9.97 Å². The molecule has 1 atom stereocenters. The molecule has 90 valence electrons. The van der Waals surface area contributed by atoms with E-state index < -0.39 is 0 Å². The van der Waals surface area contributed by atoms with Crippen LogP contribution < -0.4 is 5.32 Å². The van der Waals surface area contributed by atoms with Gasteiger partial charge in [-0.05, 0) is 24.6 Å². The number of benzene rings is 1. The Morgan fingerprint density at radius 3 is 2.88 bits per heavy atom. The Labute approximate surface area is 117 Å². The van der Waals surface area contributed by atoms with Gasteiger partial charge >= 0.3 is 0 Å². The zero-order valence-corrected chi connectivity index (χ0v) is 12.5. The Kier molecular flexibility index (Phi) is 4.36. The molecule has 1 aromatic heterocycles. The van der Waals surface area contributed by atoms with Gasteiger partial charge in [-0.25, -0.2) is 4.98 Å². The summed E-state index contributed by atoms with van der Waals surface area (Å²) in [6.45, 7) is 2.87. The van der Waals surface area contributed by atoms with Crippen LogP contribution >= 0.6 is 31.9 Å². The summed E-state index contributed by atoms with van der Waals surface area (Å²) in [7, 11) is 0. The van der Waals surface area contributed by atoms with Crippen molar-refractivity contribution in [2.24, 2.45) is 0 Å². The maximum Gasteiger partial charge on any atom is 0.120 e. The van der Waals surface area contributed by atoms with Gasteiger partial charge in [0.25, 0.3) is 0 Å². The Hall–Kier alpha value is -0.650. The van der Waals surface area contributed by atoms with Crippen molar-refractivity contribution < 1.29 is 0 Å². The minimum Gasteiger partial charge on any atom is -0.348 e. The predicted octanol–water partition coefficient (Wildman–Crippen LogP) is 3.79. The van der Waals surface area contributed by atoms with Crippen LogP contribution in [0.15, 0.2) is 39.5 Å². The first-order valence-corrected chi connectivity index (χ1v) is 6.92. The van der Waals surface area contributed by atoms with Gasteiger partial charge in [0, 0.05) is 27.4 Å². The second-order valence-electron chi connectivity index (χ2n) is 3.80. The first kappa shape index (κ1) is 12.8. The molecule has 2 N–H and O–H groups in total. The molecule has 0 aliphatic rings. The average Bonchev–Trinajstić information content (AvgIpc) is 2.78. The third-order valence-electron chi connectivity index (χ3n) is 2.56. The molecule has 1 unspecified atom stereocenters. The maximum absolute atomic E-state index is 4.18. The largest absolute Gasteiger partial charge is 0.348 e. The van der Waals surface area contributed by atoms with Gasteiger partial charge in [0.15, 0.2) is 0 Å². The van der Waals surface area contributed by atoms with Crippen LogP contribution in [0.5, 0.6) is 0 Å². The number of nitrogens with one attached hydrogen (secondary N) is 2. The highest BCUT2D eigenvalue weighted by molar-refractivity contribution is 9.11. The number of hydrogen-bond acceptors (Lipinski definition) is 2. The van der Waals surface area contributed by atoms with Crippen molar-refractivity contribution in [2.45, 2.75) is 19.5 Å². The maximum atomic E-state index is 4.18. The summed E-state index contributed by atoms with van der Waals surface area (Å²) in [4.78, 5) is 7.26. The fourth-order valence-electron chi connectivity index (χ4n) is 1.61. The summed E-state index contributed by atoms with van der Waals surface area (Å²) in [5.74, 6) is 0.949. The topological polar surface area (TPSA) is 40.7 Å². The van der Waals surface area contributed by atoms with Crippen LogP contribution in [-0.2, 0) is 6.54 Å². The number of imidazole rings is 1. The van der Waals surface area contributed by atoms with Gasteiger partial charge in [0.2, 0.25) is 0 Å². The fraction of sp³-hybridized carbons (Fsp3) is 0.250. The molecule has 0 amide bonds. The fourth-order valence-corrected chi connectivity index (χ4v) is 3.00. The first-order valence-electron chi connectivity index (χ1n) is 5.33. The Bertz CT molecular complexity index is 483. The molecule has 0 radical (unpaired) electrons. The van der Waals surface area contributed by atoms with Gasteiger partial charge in [-0.15, -0.1) is 0 Å². The van der Waals surface area contributed by atoms with Gasteiger partial charge in [0.1, 0.15) is 5.82 Å². The number of H-pyrrole nitrogens is 1. The van der Waals surface area contributed by atoms with E-state index in [2.05, 4.69) is 66.2 Å². The van der Waals surface area contributed by atoms with Crippen molar-refractivity contribution in [3.8, 4) is 0 Å². The van der Waals surface area contributed by atoms with Crippen molar-refractivity contribution in [3.63, 3.8) is 0 Å². The number of aromatic nitrogens is 2. The lowest BCUT2D eigenvalue weighted by molar-refractivity contribution is 0.560. The van der Waals surface area contributed by atoms with E-state index in [1.165, 1.54) is 5.56 Å². The van der Waals surface area contributed by atoms with Gasteiger partial charge in [-0.3, -0.25) is 0 Å². The number of aromatic amines is 1. The second kappa shape index (κ2) is 5.80. The lowest BCUT2D eigenvalue weighted by Crippen LogP contribution is -2.19. The minimum absolute atomic E-state index is 0.266. The summed E-state index contributed by atoms with van der Waals surface area (Å²) >= 11 is 7.02. The number of hydrogen-bond donors (Lipinski definition) is 2. The van der Waals surface area contributed by atoms with Crippen LogP contribution in [0.1, 0.15) is 24.4 Å². The van der Waals surface area contributed by atoms with E-state index in [-0.39, 0.29) is 6.04 Å². The van der Waals surface area contributed by atoms with E-state index in [9.17, 15) is 0 Å². The molecule has 0 fully saturated rings. The Morgan fingerprint density at radius 2 is 2.24 bits per heavy atom. The average molecular weight is 359 g/mol. The van der Waals surface area contributed by atoms with Crippen LogP contribution in [0.2, 0.25) is 0 Å². The third-order valence-corrected chi connectivity index (χ3v) is 3.74. The van der Waals surface area contributed by atoms with Crippen LogP contribution in [0.3, 0.4) is 0 Å². The molecule has 17 heavy (non-hydrogen) atoms. The molecule has 2 aromatic rings. The van der Waals surface area contributed by atoms with Crippen LogP contribution in [0.25, 0.3) is 0 Å². The van der Waals surface area contributed by atoms with Crippen molar-refractivity contribution in [2.75, 3.05) is 0 Å². The van der Waals surface area contributed by atoms with Crippen molar-refractivity contribution in [3.05, 3.63) is 50.9 Å². The highest BCUT2D eigenvalue weighted by atomic mass is 79.9. The highest BCUT2D eigenvalue weighted by Gasteiger charge is 2.09. The van der Waals surface area contributed by atoms with E-state index in [1.807, 2.05) is 12.3 Å². The quantitative estimate of drug-likeness (QED) is 0.872. The molecule has 0 spiro atoms. The van der Waals surface area contributed by atoms with Gasteiger partial charge in [0.05, 0.1) is 6.54 Å². The number of nitrogens with zero attached hydrogens (tertiary/aromatic N) is 1. The van der Waals surface area contributed by atoms with E-state index in [0.717, 1.165) is 21.3 Å². The zero-order chi connectivity index (χ0) is 12.3. The van der Waals surface area contributed by atoms with Gasteiger partial charge in [-0.1, -0.05) is 37.9 Å². The SMILES string of the molecule is CC(NCc1ncc[nH]1)c1ccc(Br)cc1Br. The number of halogens is 2. The van der Waals surface area contributed by atoms with Crippen molar-refractivity contribution >= 4 is 31.9 Å². The molecule has 2 rings (SSSR count). The molecular formula is C12H13Br2N3. The van der Waals surface area contributed by atoms with E-state index in [4.69, 9.17) is 0 Å². The molecule has 0 saturated heterocycles. The lowest BCUT2D eigenvalue weighted by Gasteiger charge is -2.15. The molecule has 5 heteroatoms. The van der Waals surface area contributed by atoms with Crippen molar-refractivity contribution in [1.82, 2.24) is 15.3 Å². The molecule has 1 heterocycles. The van der Waals surface area contributed by atoms with Crippen LogP contribution in [0, 0.1) is 0 Å². The molecule has 0 aliphatic carbocycles. The van der Waals surface area contributed by atoms with Crippen molar-refractivity contribution in [1.29, 1.82) is 0 Å². The summed E-state index contributed by atoms with van der Waals surface area (Å²) in [6.07, 6.45) is 3.59. The molecule has 3 nitrogen and oxygen atoms in total.